The lowest BCUT2D eigenvalue weighted by Crippen LogP contribution is -2.22. The van der Waals surface area contributed by atoms with Gasteiger partial charge in [0.25, 0.3) is 0 Å². The van der Waals surface area contributed by atoms with Crippen LogP contribution in [0, 0.1) is 6.92 Å². The summed E-state index contributed by atoms with van der Waals surface area (Å²) in [6, 6.07) is 0. The number of anilines is 1. The molecule has 1 aliphatic heterocycles. The maximum atomic E-state index is 5.47. The molecule has 5 nitrogen and oxygen atoms in total. The van der Waals surface area contributed by atoms with E-state index in [9.17, 15) is 0 Å². The fraction of sp³-hybridized carbons (Fsp3) is 0.714. The summed E-state index contributed by atoms with van der Waals surface area (Å²) in [7, 11) is 0. The number of rotatable bonds is 7. The predicted molar refractivity (Wildman–Crippen MR) is 76.7 cm³/mol. The van der Waals surface area contributed by atoms with Crippen LogP contribution in [-0.2, 0) is 0 Å². The van der Waals surface area contributed by atoms with Crippen LogP contribution in [0.2, 0.25) is 0 Å². The number of nitrogens with zero attached hydrogens (tertiary/aromatic N) is 3. The maximum Gasteiger partial charge on any atom is 0.221 e. The van der Waals surface area contributed by atoms with Crippen LogP contribution < -0.4 is 10.1 Å². The second-order valence-electron chi connectivity index (χ2n) is 4.91. The summed E-state index contributed by atoms with van der Waals surface area (Å²) in [5.41, 5.74) is 0.991. The van der Waals surface area contributed by atoms with Crippen LogP contribution in [0.1, 0.15) is 31.7 Å². The van der Waals surface area contributed by atoms with Crippen LogP contribution in [-0.4, -0.2) is 47.7 Å². The van der Waals surface area contributed by atoms with Crippen molar-refractivity contribution >= 4 is 5.82 Å². The van der Waals surface area contributed by atoms with Crippen LogP contribution in [0.4, 0.5) is 5.82 Å². The van der Waals surface area contributed by atoms with E-state index in [1.165, 1.54) is 32.5 Å². The summed E-state index contributed by atoms with van der Waals surface area (Å²) in [6.45, 7) is 9.24. The normalized spacial score (nSPS) is 15.7. The van der Waals surface area contributed by atoms with Gasteiger partial charge in [0.15, 0.2) is 0 Å². The second kappa shape index (κ2) is 7.28. The lowest BCUT2D eigenvalue weighted by atomic mass is 10.3. The van der Waals surface area contributed by atoms with Crippen molar-refractivity contribution in [3.8, 4) is 5.88 Å². The molecule has 2 rings (SSSR count). The minimum Gasteiger partial charge on any atom is -0.478 e. The summed E-state index contributed by atoms with van der Waals surface area (Å²) in [4.78, 5) is 10.9. The molecule has 1 fully saturated rings. The Labute approximate surface area is 115 Å². The van der Waals surface area contributed by atoms with Crippen molar-refractivity contribution in [2.24, 2.45) is 0 Å². The lowest BCUT2D eigenvalue weighted by Gasteiger charge is -2.15. The van der Waals surface area contributed by atoms with Gasteiger partial charge in [0.05, 0.1) is 12.2 Å². The Kier molecular flexibility index (Phi) is 5.39. The third-order valence-corrected chi connectivity index (χ3v) is 3.46. The molecular weight excluding hydrogens is 240 g/mol. The van der Waals surface area contributed by atoms with Crippen molar-refractivity contribution in [3.63, 3.8) is 0 Å². The predicted octanol–water partition coefficient (Wildman–Crippen LogP) is 2.08. The van der Waals surface area contributed by atoms with Gasteiger partial charge in [0.1, 0.15) is 12.1 Å². The van der Waals surface area contributed by atoms with Crippen molar-refractivity contribution < 1.29 is 4.74 Å². The zero-order chi connectivity index (χ0) is 13.5. The molecule has 0 bridgehead atoms. The van der Waals surface area contributed by atoms with Crippen LogP contribution in [0.25, 0.3) is 0 Å². The monoisotopic (exact) mass is 264 g/mol. The molecule has 0 unspecified atom stereocenters. The number of likely N-dealkylation sites (tertiary alicyclic amines) is 1. The van der Waals surface area contributed by atoms with Gasteiger partial charge in [-0.2, -0.15) is 0 Å². The van der Waals surface area contributed by atoms with Crippen LogP contribution in [0.15, 0.2) is 6.33 Å². The molecule has 0 aromatic carbocycles. The molecule has 0 spiro atoms. The standard InChI is InChI=1S/C14H24N4O/c1-3-19-14-12(2)13(16-11-17-14)15-7-6-10-18-8-4-5-9-18/h11H,3-10H2,1-2H3,(H,15,16,17). The van der Waals surface area contributed by atoms with Crippen molar-refractivity contribution in [1.82, 2.24) is 14.9 Å². The Morgan fingerprint density at radius 3 is 2.84 bits per heavy atom. The van der Waals surface area contributed by atoms with Gasteiger partial charge >= 0.3 is 0 Å². The summed E-state index contributed by atoms with van der Waals surface area (Å²) in [5, 5.41) is 3.38. The number of hydrogen-bond donors (Lipinski definition) is 1. The first kappa shape index (κ1) is 14.1. The van der Waals surface area contributed by atoms with Crippen molar-refractivity contribution in [1.29, 1.82) is 0 Å². The molecule has 0 amide bonds. The zero-order valence-corrected chi connectivity index (χ0v) is 12.0. The van der Waals surface area contributed by atoms with Gasteiger partial charge in [-0.15, -0.1) is 0 Å². The number of aromatic nitrogens is 2. The molecule has 0 radical (unpaired) electrons. The highest BCUT2D eigenvalue weighted by atomic mass is 16.5. The molecule has 1 saturated heterocycles. The van der Waals surface area contributed by atoms with Crippen LogP contribution in [0.5, 0.6) is 5.88 Å². The molecule has 19 heavy (non-hydrogen) atoms. The van der Waals surface area contributed by atoms with E-state index < -0.39 is 0 Å². The molecule has 0 saturated carbocycles. The molecule has 106 valence electrons. The first-order valence-corrected chi connectivity index (χ1v) is 7.22. The average molecular weight is 264 g/mol. The SMILES string of the molecule is CCOc1ncnc(NCCCN2CCCC2)c1C. The van der Waals surface area contributed by atoms with Gasteiger partial charge in [0.2, 0.25) is 5.88 Å². The molecule has 2 heterocycles. The summed E-state index contributed by atoms with van der Waals surface area (Å²) < 4.78 is 5.47. The van der Waals surface area contributed by atoms with E-state index >= 15 is 0 Å². The second-order valence-corrected chi connectivity index (χ2v) is 4.91. The van der Waals surface area contributed by atoms with E-state index in [0.29, 0.717) is 12.5 Å². The first-order chi connectivity index (χ1) is 9.31. The Hall–Kier alpha value is -1.36. The molecule has 1 N–H and O–H groups in total. The van der Waals surface area contributed by atoms with E-state index in [1.54, 1.807) is 6.33 Å². The van der Waals surface area contributed by atoms with Crippen molar-refractivity contribution in [2.75, 3.05) is 38.1 Å². The van der Waals surface area contributed by atoms with Gasteiger partial charge in [-0.1, -0.05) is 0 Å². The zero-order valence-electron chi connectivity index (χ0n) is 12.0. The Bertz CT molecular complexity index is 391. The number of hydrogen-bond acceptors (Lipinski definition) is 5. The molecule has 1 aromatic rings. The van der Waals surface area contributed by atoms with Gasteiger partial charge in [-0.3, -0.25) is 0 Å². The van der Waals surface area contributed by atoms with E-state index in [4.69, 9.17) is 4.74 Å². The molecule has 0 atom stereocenters. The van der Waals surface area contributed by atoms with E-state index in [-0.39, 0.29) is 0 Å². The van der Waals surface area contributed by atoms with Crippen LogP contribution in [0.3, 0.4) is 0 Å². The Morgan fingerprint density at radius 1 is 1.32 bits per heavy atom. The highest BCUT2D eigenvalue weighted by Gasteiger charge is 2.11. The molecule has 0 aliphatic carbocycles. The smallest absolute Gasteiger partial charge is 0.221 e. The number of nitrogens with one attached hydrogen (secondary N) is 1. The molecule has 5 heteroatoms. The molecular formula is C14H24N4O. The van der Waals surface area contributed by atoms with Crippen molar-refractivity contribution in [2.45, 2.75) is 33.1 Å². The lowest BCUT2D eigenvalue weighted by molar-refractivity contribution is 0.323. The van der Waals surface area contributed by atoms with Gasteiger partial charge in [-0.25, -0.2) is 9.97 Å². The largest absolute Gasteiger partial charge is 0.478 e. The van der Waals surface area contributed by atoms with Gasteiger partial charge in [-0.05, 0) is 52.7 Å². The minimum atomic E-state index is 0.631. The fourth-order valence-corrected chi connectivity index (χ4v) is 2.41. The highest BCUT2D eigenvalue weighted by Crippen LogP contribution is 2.20. The van der Waals surface area contributed by atoms with Gasteiger partial charge in [0, 0.05) is 6.54 Å². The molecule has 1 aliphatic rings. The average Bonchev–Trinajstić information content (AvgIpc) is 2.92. The Morgan fingerprint density at radius 2 is 2.11 bits per heavy atom. The third-order valence-electron chi connectivity index (χ3n) is 3.46. The minimum absolute atomic E-state index is 0.631. The third kappa shape index (κ3) is 4.06. The summed E-state index contributed by atoms with van der Waals surface area (Å²) in [5.74, 6) is 1.57. The quantitative estimate of drug-likeness (QED) is 0.764. The summed E-state index contributed by atoms with van der Waals surface area (Å²) in [6.07, 6.45) is 5.42. The van der Waals surface area contributed by atoms with Crippen LogP contribution >= 0.6 is 0 Å². The maximum absolute atomic E-state index is 5.47. The van der Waals surface area contributed by atoms with Crippen molar-refractivity contribution in [3.05, 3.63) is 11.9 Å². The van der Waals surface area contributed by atoms with E-state index in [2.05, 4.69) is 20.2 Å². The van der Waals surface area contributed by atoms with Gasteiger partial charge < -0.3 is 15.0 Å². The van der Waals surface area contributed by atoms with E-state index in [1.807, 2.05) is 13.8 Å². The van der Waals surface area contributed by atoms with E-state index in [0.717, 1.165) is 24.3 Å². The first-order valence-electron chi connectivity index (χ1n) is 7.22. The summed E-state index contributed by atoms with van der Waals surface area (Å²) >= 11 is 0. The topological polar surface area (TPSA) is 50.3 Å². The fourth-order valence-electron chi connectivity index (χ4n) is 2.41. The highest BCUT2D eigenvalue weighted by molar-refractivity contribution is 5.47. The Balaban J connectivity index is 1.77. The molecule has 1 aromatic heterocycles. The number of ether oxygens (including phenoxy) is 1.